The predicted octanol–water partition coefficient (Wildman–Crippen LogP) is 3.07. The van der Waals surface area contributed by atoms with Crippen LogP contribution in [0.5, 0.6) is 0 Å². The Morgan fingerprint density at radius 2 is 0.789 bits per heavy atom. The van der Waals surface area contributed by atoms with Crippen LogP contribution >= 0.6 is 0 Å². The quantitative estimate of drug-likeness (QED) is 0.194. The Hall–Kier alpha value is -1.44. The van der Waals surface area contributed by atoms with E-state index in [1.807, 2.05) is 0 Å². The molecular formula is C22H40N4O8S4. The van der Waals surface area contributed by atoms with Crippen LogP contribution in [0.3, 0.4) is 0 Å². The van der Waals surface area contributed by atoms with Gasteiger partial charge in [-0.1, -0.05) is 38.5 Å². The molecule has 0 atom stereocenters. The molecule has 0 saturated heterocycles. The molecule has 16 heteroatoms. The van der Waals surface area contributed by atoms with Gasteiger partial charge >= 0.3 is 8.75 Å². The zero-order valence-corrected chi connectivity index (χ0v) is 26.2. The van der Waals surface area contributed by atoms with Crippen molar-refractivity contribution in [2.45, 2.75) is 126 Å². The summed E-state index contributed by atoms with van der Waals surface area (Å²) in [7, 11) is -16.6. The van der Waals surface area contributed by atoms with E-state index in [1.54, 1.807) is 0 Å². The highest BCUT2D eigenvalue weighted by Crippen LogP contribution is 2.30. The minimum atomic E-state index is -4.22. The molecule has 0 amide bonds. The van der Waals surface area contributed by atoms with Gasteiger partial charge in [-0.05, 0) is 67.2 Å². The lowest BCUT2D eigenvalue weighted by atomic mass is 10.0. The van der Waals surface area contributed by atoms with Crippen LogP contribution in [0.25, 0.3) is 11.1 Å². The summed E-state index contributed by atoms with van der Waals surface area (Å²) < 4.78 is 93.3. The lowest BCUT2D eigenvalue weighted by molar-refractivity contribution is 0.00324. The Kier molecular flexibility index (Phi) is 11.3. The summed E-state index contributed by atoms with van der Waals surface area (Å²) in [6, 6.07) is 0. The first-order chi connectivity index (χ1) is 17.1. The van der Waals surface area contributed by atoms with E-state index in [2.05, 4.69) is 9.58 Å². The van der Waals surface area contributed by atoms with Crippen molar-refractivity contribution in [1.82, 2.24) is 0 Å². The number of sulfone groups is 4. The fourth-order valence-electron chi connectivity index (χ4n) is 4.09. The minimum Gasteiger partial charge on any atom is -0.359 e. The summed E-state index contributed by atoms with van der Waals surface area (Å²) in [5.74, 6) is 0. The summed E-state index contributed by atoms with van der Waals surface area (Å²) >= 11 is 0. The third-order valence-electron chi connectivity index (χ3n) is 6.70. The molecule has 0 aromatic heterocycles. The first kappa shape index (κ1) is 34.6. The molecule has 0 aromatic rings. The predicted molar refractivity (Wildman–Crippen MR) is 146 cm³/mol. The molecule has 0 bridgehead atoms. The third-order valence-corrected chi connectivity index (χ3v) is 17.6. The molecule has 0 heterocycles. The third kappa shape index (κ3) is 7.39. The van der Waals surface area contributed by atoms with Crippen molar-refractivity contribution in [3.63, 3.8) is 0 Å². The van der Waals surface area contributed by atoms with Gasteiger partial charge < -0.3 is 11.1 Å². The van der Waals surface area contributed by atoms with Crippen molar-refractivity contribution in [2.24, 2.45) is 0 Å². The lowest BCUT2D eigenvalue weighted by Gasteiger charge is -2.22. The van der Waals surface area contributed by atoms with E-state index >= 15 is 0 Å². The van der Waals surface area contributed by atoms with Crippen LogP contribution in [0.4, 0.5) is 0 Å². The molecule has 38 heavy (non-hydrogen) atoms. The van der Waals surface area contributed by atoms with E-state index in [9.17, 15) is 33.7 Å². The van der Waals surface area contributed by atoms with Gasteiger partial charge in [0, 0.05) is 0 Å². The summed E-state index contributed by atoms with van der Waals surface area (Å²) in [6.45, 7) is 8.03. The number of nitrogens with zero attached hydrogens (tertiary/aromatic N) is 4. The van der Waals surface area contributed by atoms with E-state index in [-0.39, 0.29) is 0 Å². The van der Waals surface area contributed by atoms with Gasteiger partial charge in [-0.2, -0.15) is 0 Å². The fourth-order valence-corrected chi connectivity index (χ4v) is 12.8. The first-order valence-electron chi connectivity index (χ1n) is 12.5. The van der Waals surface area contributed by atoms with Crippen molar-refractivity contribution in [3.8, 4) is 0 Å². The second kappa shape index (κ2) is 12.4. The molecule has 0 aromatic carbocycles. The summed E-state index contributed by atoms with van der Waals surface area (Å²) in [6.07, 6.45) is 6.79. The Morgan fingerprint density at radius 3 is 1.00 bits per heavy atom. The molecule has 12 nitrogen and oxygen atoms in total. The SMILES string of the molecule is CC(C)(C)S(=O)(=O)C(=[N+]=[N-])S(=O)(=O)C(C)(C)C.[N-]=[N+]=C(S(=O)(=O)C1CCCCC1)S(=O)(=O)C1CCCCC1. The molecule has 0 N–H and O–H groups in total. The zero-order chi connectivity index (χ0) is 29.8. The topological polar surface area (TPSA) is 209 Å². The van der Waals surface area contributed by atoms with Gasteiger partial charge in [0.25, 0.3) is 39.3 Å². The van der Waals surface area contributed by atoms with Crippen molar-refractivity contribution in [1.29, 1.82) is 0 Å². The lowest BCUT2D eigenvalue weighted by Crippen LogP contribution is -2.45. The van der Waals surface area contributed by atoms with E-state index in [4.69, 9.17) is 11.1 Å². The van der Waals surface area contributed by atoms with Crippen LogP contribution in [0.15, 0.2) is 0 Å². The monoisotopic (exact) mass is 616 g/mol. The van der Waals surface area contributed by atoms with Crippen molar-refractivity contribution in [2.75, 3.05) is 0 Å². The Bertz CT molecular complexity index is 1300. The standard InChI is InChI=1S/C13H22N2O4S2.C9H18N2O4S2/c14-15-13(20(16,17)11-7-3-1-4-8-11)21(18,19)12-9-5-2-6-10-12;1-8(2,3)16(12,13)7(11-10)17(14,15)9(4,5)6/h11-12H,1-10H2;1-6H3. The van der Waals surface area contributed by atoms with Crippen LogP contribution in [-0.4, -0.2) is 72.0 Å². The summed E-state index contributed by atoms with van der Waals surface area (Å²) in [4.78, 5) is 5.23. The average molecular weight is 617 g/mol. The van der Waals surface area contributed by atoms with E-state index < -0.39 is 68.1 Å². The van der Waals surface area contributed by atoms with Crippen LogP contribution in [-0.2, 0) is 39.3 Å². The van der Waals surface area contributed by atoms with Crippen LogP contribution in [0, 0.1) is 0 Å². The summed E-state index contributed by atoms with van der Waals surface area (Å²) in [5, 5.41) is -1.45. The van der Waals surface area contributed by atoms with Crippen LogP contribution in [0.2, 0.25) is 0 Å². The van der Waals surface area contributed by atoms with Gasteiger partial charge in [-0.15, -0.1) is 9.58 Å². The zero-order valence-electron chi connectivity index (χ0n) is 22.9. The van der Waals surface area contributed by atoms with E-state index in [0.717, 1.165) is 38.5 Å². The normalized spacial score (nSPS) is 18.9. The second-order valence-corrected chi connectivity index (χ2v) is 21.6. The molecule has 0 unspecified atom stereocenters. The largest absolute Gasteiger partial charge is 0.496 e. The first-order valence-corrected chi connectivity index (χ1v) is 18.6. The molecule has 0 radical (unpaired) electrons. The molecule has 2 saturated carbocycles. The second-order valence-electron chi connectivity index (χ2n) is 11.6. The number of hydrogen-bond donors (Lipinski definition) is 0. The Morgan fingerprint density at radius 1 is 0.526 bits per heavy atom. The highest BCUT2D eigenvalue weighted by molar-refractivity contribution is 8.32. The van der Waals surface area contributed by atoms with E-state index in [0.29, 0.717) is 25.7 Å². The van der Waals surface area contributed by atoms with Crippen LogP contribution in [0.1, 0.15) is 106 Å². The molecular weight excluding hydrogens is 577 g/mol. The number of hydrogen-bond acceptors (Lipinski definition) is 8. The molecule has 220 valence electrons. The molecule has 2 aliphatic rings. The smallest absolute Gasteiger partial charge is 0.359 e. The Balaban J connectivity index is 0.000000391. The molecule has 2 aliphatic carbocycles. The average Bonchev–Trinajstić information content (AvgIpc) is 2.79. The van der Waals surface area contributed by atoms with E-state index in [1.165, 1.54) is 41.5 Å². The van der Waals surface area contributed by atoms with Gasteiger partial charge in [0.15, 0.2) is 0 Å². The van der Waals surface area contributed by atoms with Crippen molar-refractivity contribution < 1.29 is 43.3 Å². The Labute approximate surface area is 227 Å². The number of rotatable bonds is 2. The maximum Gasteiger partial charge on any atom is 0.496 e. The van der Waals surface area contributed by atoms with Gasteiger partial charge in [-0.25, -0.2) is 33.7 Å². The minimum absolute atomic E-state index is 0.446. The summed E-state index contributed by atoms with van der Waals surface area (Å²) in [5.41, 5.74) is 17.8. The van der Waals surface area contributed by atoms with Gasteiger partial charge in [-0.3, -0.25) is 0 Å². The fraction of sp³-hybridized carbons (Fsp3) is 0.909. The van der Waals surface area contributed by atoms with Gasteiger partial charge in [0.05, 0.1) is 20.0 Å². The maximum absolute atomic E-state index is 12.5. The van der Waals surface area contributed by atoms with Crippen molar-refractivity contribution >= 4 is 48.1 Å². The highest BCUT2D eigenvalue weighted by Gasteiger charge is 2.53. The molecule has 0 spiro atoms. The van der Waals surface area contributed by atoms with Gasteiger partial charge in [0.1, 0.15) is 0 Å². The van der Waals surface area contributed by atoms with Gasteiger partial charge in [0.2, 0.25) is 0 Å². The highest BCUT2D eigenvalue weighted by atomic mass is 32.3. The molecule has 2 fully saturated rings. The molecule has 0 aliphatic heterocycles. The molecule has 2 rings (SSSR count). The van der Waals surface area contributed by atoms with Crippen molar-refractivity contribution in [3.05, 3.63) is 11.1 Å². The maximum atomic E-state index is 12.5. The van der Waals surface area contributed by atoms with Crippen LogP contribution < -0.4 is 0 Å².